The first kappa shape index (κ1) is 97.9. The molecule has 0 spiro atoms. The van der Waals surface area contributed by atoms with Crippen LogP contribution in [0.15, 0.2) is 142 Å². The predicted octanol–water partition coefficient (Wildman–Crippen LogP) is 22.2. The van der Waals surface area contributed by atoms with E-state index in [4.69, 9.17) is 0 Å². The normalized spacial score (nSPS) is 6.83. The van der Waals surface area contributed by atoms with Crippen LogP contribution in [0.4, 0.5) is 34.1 Å². The molecule has 0 N–H and O–H groups in total. The van der Waals surface area contributed by atoms with Crippen molar-refractivity contribution < 1.29 is 0 Å². The van der Waals surface area contributed by atoms with Crippen molar-refractivity contribution in [3.63, 3.8) is 0 Å². The maximum absolute atomic E-state index is 3.56. The van der Waals surface area contributed by atoms with Crippen molar-refractivity contribution in [2.24, 2.45) is 0 Å². The second kappa shape index (κ2) is 46.7. The van der Waals surface area contributed by atoms with Crippen LogP contribution in [0.1, 0.15) is 141 Å². The SMILES string of the molecule is Brc1ccc(N(c2ccc(Br)cc2)c2ccc(N(c3ccccc3)c3ccccc3)cc2)cc1.C.C.C.C.C.C.C.C.C.C.C.C.C.C.C.C.C.C.C. The molecule has 0 fully saturated rings. The molecule has 0 atom stereocenters. The van der Waals surface area contributed by atoms with Crippen molar-refractivity contribution in [1.82, 2.24) is 0 Å². The van der Waals surface area contributed by atoms with Crippen molar-refractivity contribution in [3.05, 3.63) is 142 Å². The average Bonchev–Trinajstić information content (AvgIpc) is 2.89. The lowest BCUT2D eigenvalue weighted by atomic mass is 10.1. The standard InChI is InChI=1S/C30H22Br2N2.19CH4/c31-23-11-15-27(16-12-23)34(28-17-13-24(32)14-18-28)30-21-19-29(20-22-30)33(25-7-3-1-4-8-25)26-9-5-2-6-10-26;;;;;;;;;;;;;;;;;;;/h1-22H;19*1H4. The first-order valence-corrected chi connectivity index (χ1v) is 12.6. The molecule has 0 bridgehead atoms. The molecule has 0 aliphatic heterocycles. The van der Waals surface area contributed by atoms with Crippen LogP contribution >= 0.6 is 31.9 Å². The van der Waals surface area contributed by atoms with Gasteiger partial charge in [0.1, 0.15) is 0 Å². The van der Waals surface area contributed by atoms with Gasteiger partial charge in [-0.2, -0.15) is 0 Å². The zero-order chi connectivity index (χ0) is 23.3. The average molecular weight is 875 g/mol. The topological polar surface area (TPSA) is 6.48 Å². The fourth-order valence-electron chi connectivity index (χ4n) is 3.98. The molecule has 318 valence electrons. The van der Waals surface area contributed by atoms with Crippen LogP contribution in [0.25, 0.3) is 0 Å². The van der Waals surface area contributed by atoms with Crippen LogP contribution in [0.2, 0.25) is 0 Å². The summed E-state index contributed by atoms with van der Waals surface area (Å²) < 4.78 is 2.12. The molecule has 53 heavy (non-hydrogen) atoms. The molecule has 0 unspecified atom stereocenters. The minimum atomic E-state index is 0. The predicted molar refractivity (Wildman–Crippen MR) is 279 cm³/mol. The number of anilines is 6. The largest absolute Gasteiger partial charge is 0.311 e. The molecule has 0 radical (unpaired) electrons. The Morgan fingerprint density at radius 1 is 0.208 bits per heavy atom. The molecule has 0 aliphatic carbocycles. The van der Waals surface area contributed by atoms with Crippen molar-refractivity contribution in [2.75, 3.05) is 9.80 Å². The van der Waals surface area contributed by atoms with Gasteiger partial charge in [0.05, 0.1) is 0 Å². The summed E-state index contributed by atoms with van der Waals surface area (Å²) in [6, 6.07) is 46.4. The Balaban J connectivity index is -0.0000000585. The first-order valence-electron chi connectivity index (χ1n) is 11.0. The third-order valence-electron chi connectivity index (χ3n) is 5.56. The lowest BCUT2D eigenvalue weighted by Crippen LogP contribution is -2.12. The van der Waals surface area contributed by atoms with Crippen molar-refractivity contribution in [1.29, 1.82) is 0 Å². The van der Waals surface area contributed by atoms with Crippen LogP contribution in [-0.4, -0.2) is 0 Å². The molecular formula is C49H98Br2N2. The highest BCUT2D eigenvalue weighted by atomic mass is 79.9. The summed E-state index contributed by atoms with van der Waals surface area (Å²) in [7, 11) is 0. The van der Waals surface area contributed by atoms with Crippen LogP contribution in [-0.2, 0) is 0 Å². The zero-order valence-corrected chi connectivity index (χ0v) is 21.5. The van der Waals surface area contributed by atoms with Gasteiger partial charge in [-0.05, 0) is 97.1 Å². The fourth-order valence-corrected chi connectivity index (χ4v) is 4.51. The number of para-hydroxylation sites is 2. The Hall–Kier alpha value is -3.34. The van der Waals surface area contributed by atoms with Gasteiger partial charge in [0.2, 0.25) is 0 Å². The Kier molecular flexibility index (Phi) is 86.2. The highest BCUT2D eigenvalue weighted by Gasteiger charge is 2.15. The Morgan fingerprint density at radius 2 is 0.358 bits per heavy atom. The lowest BCUT2D eigenvalue weighted by molar-refractivity contribution is 1.25. The quantitative estimate of drug-likeness (QED) is 0.168. The van der Waals surface area contributed by atoms with E-state index in [1.165, 1.54) is 0 Å². The Bertz CT molecular complexity index is 1250. The summed E-state index contributed by atoms with van der Waals surface area (Å²) in [6.07, 6.45) is 0. The van der Waals surface area contributed by atoms with Gasteiger partial charge in [-0.25, -0.2) is 0 Å². The molecular weight excluding hydrogens is 776 g/mol. The maximum Gasteiger partial charge on any atom is 0.0463 e. The van der Waals surface area contributed by atoms with Crippen LogP contribution < -0.4 is 9.80 Å². The van der Waals surface area contributed by atoms with E-state index in [0.717, 1.165) is 43.1 Å². The molecule has 0 amide bonds. The van der Waals surface area contributed by atoms with Crippen LogP contribution in [0, 0.1) is 0 Å². The molecule has 0 saturated carbocycles. The fraction of sp³-hybridized carbons (Fsp3) is 0.388. The zero-order valence-electron chi connectivity index (χ0n) is 18.4. The summed E-state index contributed by atoms with van der Waals surface area (Å²) in [6.45, 7) is 0. The van der Waals surface area contributed by atoms with E-state index in [1.54, 1.807) is 0 Å². The monoisotopic (exact) mass is 873 g/mol. The number of rotatable bonds is 6. The molecule has 5 aromatic carbocycles. The second-order valence-electron chi connectivity index (χ2n) is 7.81. The number of nitrogens with zero attached hydrogens (tertiary/aromatic N) is 2. The smallest absolute Gasteiger partial charge is 0.0463 e. The van der Waals surface area contributed by atoms with Gasteiger partial charge in [0.25, 0.3) is 0 Å². The van der Waals surface area contributed by atoms with Gasteiger partial charge in [-0.1, -0.05) is 209 Å². The minimum Gasteiger partial charge on any atom is -0.311 e. The molecule has 0 heterocycles. The second-order valence-corrected chi connectivity index (χ2v) is 9.64. The maximum atomic E-state index is 3.56. The van der Waals surface area contributed by atoms with Gasteiger partial charge in [-0.3, -0.25) is 0 Å². The number of halogens is 2. The summed E-state index contributed by atoms with van der Waals surface area (Å²) in [4.78, 5) is 4.53. The molecule has 0 aliphatic rings. The van der Waals surface area contributed by atoms with Crippen molar-refractivity contribution >= 4 is 66.0 Å². The van der Waals surface area contributed by atoms with Crippen LogP contribution in [0.3, 0.4) is 0 Å². The van der Waals surface area contributed by atoms with E-state index >= 15 is 0 Å². The highest BCUT2D eigenvalue weighted by Crippen LogP contribution is 2.39. The minimum absolute atomic E-state index is 0. The van der Waals surface area contributed by atoms with Gasteiger partial charge in [0, 0.05) is 43.1 Å². The summed E-state index contributed by atoms with van der Waals surface area (Å²) in [5, 5.41) is 0. The summed E-state index contributed by atoms with van der Waals surface area (Å²) >= 11 is 7.11. The summed E-state index contributed by atoms with van der Waals surface area (Å²) in [5.41, 5.74) is 6.64. The molecule has 5 rings (SSSR count). The third-order valence-corrected chi connectivity index (χ3v) is 6.62. The van der Waals surface area contributed by atoms with Crippen molar-refractivity contribution in [3.8, 4) is 0 Å². The Morgan fingerprint density at radius 3 is 0.547 bits per heavy atom. The van der Waals surface area contributed by atoms with Gasteiger partial charge >= 0.3 is 0 Å². The number of hydrogen-bond donors (Lipinski definition) is 0. The van der Waals surface area contributed by atoms with E-state index in [2.05, 4.69) is 163 Å². The summed E-state index contributed by atoms with van der Waals surface area (Å²) in [5.74, 6) is 0. The highest BCUT2D eigenvalue weighted by molar-refractivity contribution is 9.10. The molecule has 2 nitrogen and oxygen atoms in total. The van der Waals surface area contributed by atoms with E-state index in [-0.39, 0.29) is 141 Å². The Labute approximate surface area is 357 Å². The molecule has 0 saturated heterocycles. The molecule has 5 aromatic rings. The first-order chi connectivity index (χ1) is 16.7. The van der Waals surface area contributed by atoms with Crippen molar-refractivity contribution in [2.45, 2.75) is 141 Å². The van der Waals surface area contributed by atoms with E-state index < -0.39 is 0 Å². The van der Waals surface area contributed by atoms with E-state index in [0.29, 0.717) is 0 Å². The third kappa shape index (κ3) is 23.8. The molecule has 4 heteroatoms. The van der Waals surface area contributed by atoms with Gasteiger partial charge in [0.15, 0.2) is 0 Å². The van der Waals surface area contributed by atoms with Crippen LogP contribution in [0.5, 0.6) is 0 Å². The lowest BCUT2D eigenvalue weighted by Gasteiger charge is -2.28. The van der Waals surface area contributed by atoms with Gasteiger partial charge < -0.3 is 9.80 Å². The van der Waals surface area contributed by atoms with E-state index in [1.807, 2.05) is 12.1 Å². The number of hydrogen-bond acceptors (Lipinski definition) is 2. The van der Waals surface area contributed by atoms with E-state index in [9.17, 15) is 0 Å². The number of benzene rings is 5. The van der Waals surface area contributed by atoms with Gasteiger partial charge in [-0.15, -0.1) is 0 Å². The molecule has 0 aromatic heterocycles.